The van der Waals surface area contributed by atoms with E-state index in [2.05, 4.69) is 10.5 Å². The maximum atomic E-state index is 11.5. The molecule has 0 bridgehead atoms. The van der Waals surface area contributed by atoms with Gasteiger partial charge in [0, 0.05) is 7.05 Å². The van der Waals surface area contributed by atoms with Crippen LogP contribution in [0.5, 0.6) is 0 Å². The van der Waals surface area contributed by atoms with Crippen molar-refractivity contribution in [3.05, 3.63) is 22.4 Å². The predicted molar refractivity (Wildman–Crippen MR) is 64.4 cm³/mol. The first kappa shape index (κ1) is 11.2. The van der Waals surface area contributed by atoms with Crippen molar-refractivity contribution < 1.29 is 9.59 Å². The van der Waals surface area contributed by atoms with E-state index in [0.717, 1.165) is 0 Å². The van der Waals surface area contributed by atoms with E-state index in [1.807, 2.05) is 5.38 Å². The summed E-state index contributed by atoms with van der Waals surface area (Å²) in [7, 11) is 1.64. The molecule has 0 atom stereocenters. The topological polar surface area (TPSA) is 61.8 Å². The lowest BCUT2D eigenvalue weighted by Crippen LogP contribution is -2.27. The average molecular weight is 255 g/mol. The number of hydrogen-bond donors (Lipinski definition) is 1. The summed E-state index contributed by atoms with van der Waals surface area (Å²) in [4.78, 5) is 24.7. The van der Waals surface area contributed by atoms with E-state index >= 15 is 0 Å². The van der Waals surface area contributed by atoms with Gasteiger partial charge in [-0.05, 0) is 11.4 Å². The van der Waals surface area contributed by atoms with Gasteiger partial charge in [-0.25, -0.2) is 5.43 Å². The van der Waals surface area contributed by atoms with Gasteiger partial charge in [-0.1, -0.05) is 17.8 Å². The van der Waals surface area contributed by atoms with Crippen LogP contribution >= 0.6 is 23.1 Å². The molecule has 0 radical (unpaired) electrons. The van der Waals surface area contributed by atoms with Gasteiger partial charge < -0.3 is 0 Å². The van der Waals surface area contributed by atoms with Crippen molar-refractivity contribution >= 4 is 40.1 Å². The van der Waals surface area contributed by atoms with E-state index in [1.165, 1.54) is 28.0 Å². The first-order valence-electron chi connectivity index (χ1n) is 4.49. The molecule has 1 fully saturated rings. The number of carbonyl (C=O) groups is 2. The van der Waals surface area contributed by atoms with Gasteiger partial charge in [0.1, 0.15) is 0 Å². The molecule has 0 aromatic carbocycles. The van der Waals surface area contributed by atoms with Crippen LogP contribution in [0.25, 0.3) is 0 Å². The summed E-state index contributed by atoms with van der Waals surface area (Å²) in [6.07, 6.45) is 0. The van der Waals surface area contributed by atoms with Crippen molar-refractivity contribution in [2.24, 2.45) is 5.10 Å². The average Bonchev–Trinajstić information content (AvgIpc) is 2.89. The molecule has 1 aromatic rings. The van der Waals surface area contributed by atoms with Gasteiger partial charge in [0.15, 0.2) is 5.17 Å². The molecule has 1 N–H and O–H groups in total. The molecule has 2 rings (SSSR count). The lowest BCUT2D eigenvalue weighted by molar-refractivity contribution is -0.123. The van der Waals surface area contributed by atoms with Crippen molar-refractivity contribution in [2.45, 2.75) is 0 Å². The monoisotopic (exact) mass is 255 g/mol. The van der Waals surface area contributed by atoms with E-state index in [4.69, 9.17) is 0 Å². The van der Waals surface area contributed by atoms with Crippen molar-refractivity contribution in [2.75, 3.05) is 12.8 Å². The standard InChI is InChI=1S/C9H9N3O2S2/c1-12-7(13)5-16-9(12)11-10-8(14)6-3-2-4-15-6/h2-4H,5H2,1H3,(H,10,14)/b11-9+. The summed E-state index contributed by atoms with van der Waals surface area (Å²) in [6, 6.07) is 3.52. The number of nitrogens with zero attached hydrogens (tertiary/aromatic N) is 2. The molecule has 0 spiro atoms. The van der Waals surface area contributed by atoms with Gasteiger partial charge in [0.25, 0.3) is 5.91 Å². The van der Waals surface area contributed by atoms with Gasteiger partial charge >= 0.3 is 0 Å². The Bertz CT molecular complexity index is 442. The second-order valence-corrected chi connectivity index (χ2v) is 4.94. The highest BCUT2D eigenvalue weighted by Crippen LogP contribution is 2.16. The largest absolute Gasteiger partial charge is 0.292 e. The Morgan fingerprint density at radius 1 is 1.62 bits per heavy atom. The van der Waals surface area contributed by atoms with E-state index in [1.54, 1.807) is 19.2 Å². The van der Waals surface area contributed by atoms with Gasteiger partial charge in [0.2, 0.25) is 5.91 Å². The molecule has 84 valence electrons. The number of amidine groups is 1. The molecule has 1 aromatic heterocycles. The molecule has 2 heterocycles. The molecular weight excluding hydrogens is 246 g/mol. The highest BCUT2D eigenvalue weighted by Gasteiger charge is 2.24. The highest BCUT2D eigenvalue weighted by molar-refractivity contribution is 8.15. The molecule has 0 saturated carbocycles. The third kappa shape index (κ3) is 2.25. The smallest absolute Gasteiger partial charge is 0.281 e. The Balaban J connectivity index is 1.99. The van der Waals surface area contributed by atoms with Crippen LogP contribution in [0.1, 0.15) is 9.67 Å². The van der Waals surface area contributed by atoms with Crippen LogP contribution in [-0.2, 0) is 4.79 Å². The minimum absolute atomic E-state index is 0.00544. The van der Waals surface area contributed by atoms with Gasteiger partial charge in [-0.2, -0.15) is 0 Å². The van der Waals surface area contributed by atoms with Crippen LogP contribution in [0.2, 0.25) is 0 Å². The van der Waals surface area contributed by atoms with Crippen molar-refractivity contribution in [1.29, 1.82) is 0 Å². The summed E-state index contributed by atoms with van der Waals surface area (Å²) in [5, 5.41) is 6.25. The SMILES string of the molecule is CN1C(=O)CS/C1=N/NC(=O)c1cccs1. The maximum Gasteiger partial charge on any atom is 0.281 e. The van der Waals surface area contributed by atoms with Gasteiger partial charge in [-0.3, -0.25) is 14.5 Å². The summed E-state index contributed by atoms with van der Waals surface area (Å²) in [6.45, 7) is 0. The normalized spacial score (nSPS) is 18.2. The zero-order valence-corrected chi connectivity index (χ0v) is 10.1. The Morgan fingerprint density at radius 3 is 3.00 bits per heavy atom. The van der Waals surface area contributed by atoms with Crippen molar-refractivity contribution in [3.63, 3.8) is 0 Å². The fourth-order valence-electron chi connectivity index (χ4n) is 1.10. The Morgan fingerprint density at radius 2 is 2.44 bits per heavy atom. The van der Waals surface area contributed by atoms with Crippen LogP contribution in [0.15, 0.2) is 22.6 Å². The van der Waals surface area contributed by atoms with Crippen LogP contribution in [0, 0.1) is 0 Å². The Labute approximate surface area is 101 Å². The van der Waals surface area contributed by atoms with Gasteiger partial charge in [-0.15, -0.1) is 16.4 Å². The molecule has 2 amide bonds. The molecular formula is C9H9N3O2S2. The number of amides is 2. The molecule has 1 aliphatic rings. The fraction of sp³-hybridized carbons (Fsp3) is 0.222. The maximum absolute atomic E-state index is 11.5. The molecule has 1 aliphatic heterocycles. The first-order chi connectivity index (χ1) is 7.68. The van der Waals surface area contributed by atoms with Crippen LogP contribution < -0.4 is 5.43 Å². The lowest BCUT2D eigenvalue weighted by atomic mass is 10.5. The van der Waals surface area contributed by atoms with E-state index < -0.39 is 0 Å². The summed E-state index contributed by atoms with van der Waals surface area (Å²) < 4.78 is 0. The van der Waals surface area contributed by atoms with Crippen LogP contribution in [0.4, 0.5) is 0 Å². The quantitative estimate of drug-likeness (QED) is 0.800. The van der Waals surface area contributed by atoms with Crippen molar-refractivity contribution in [3.8, 4) is 0 Å². The zero-order chi connectivity index (χ0) is 11.5. The zero-order valence-electron chi connectivity index (χ0n) is 8.47. The molecule has 5 nitrogen and oxygen atoms in total. The predicted octanol–water partition coefficient (Wildman–Crippen LogP) is 0.954. The number of hydrogen-bond acceptors (Lipinski definition) is 5. The van der Waals surface area contributed by atoms with Gasteiger partial charge in [0.05, 0.1) is 10.6 Å². The number of rotatable bonds is 2. The fourth-order valence-corrected chi connectivity index (χ4v) is 2.56. The third-order valence-corrected chi connectivity index (χ3v) is 3.87. The van der Waals surface area contributed by atoms with Crippen LogP contribution in [-0.4, -0.2) is 34.7 Å². The molecule has 0 unspecified atom stereocenters. The third-order valence-electron chi connectivity index (χ3n) is 1.98. The lowest BCUT2D eigenvalue weighted by Gasteiger charge is -2.07. The molecule has 16 heavy (non-hydrogen) atoms. The Kier molecular flexibility index (Phi) is 3.25. The van der Waals surface area contributed by atoms with Crippen LogP contribution in [0.3, 0.4) is 0 Å². The minimum Gasteiger partial charge on any atom is -0.292 e. The summed E-state index contributed by atoms with van der Waals surface area (Å²) >= 11 is 2.66. The second kappa shape index (κ2) is 4.67. The molecule has 1 saturated heterocycles. The number of hydrazone groups is 1. The number of thioether (sulfide) groups is 1. The number of carbonyl (C=O) groups excluding carboxylic acids is 2. The van der Waals surface area contributed by atoms with E-state index in [9.17, 15) is 9.59 Å². The number of nitrogens with one attached hydrogen (secondary N) is 1. The Hall–Kier alpha value is -1.34. The van der Waals surface area contributed by atoms with Crippen molar-refractivity contribution in [1.82, 2.24) is 10.3 Å². The van der Waals surface area contributed by atoms with E-state index in [-0.39, 0.29) is 11.8 Å². The second-order valence-electron chi connectivity index (χ2n) is 3.05. The summed E-state index contributed by atoms with van der Waals surface area (Å²) in [5.41, 5.74) is 2.42. The number of thiophene rings is 1. The summed E-state index contributed by atoms with van der Waals surface area (Å²) in [5.74, 6) is 0.120. The highest BCUT2D eigenvalue weighted by atomic mass is 32.2. The first-order valence-corrected chi connectivity index (χ1v) is 6.36. The van der Waals surface area contributed by atoms with E-state index in [0.29, 0.717) is 15.8 Å². The minimum atomic E-state index is -0.254. The molecule has 7 heteroatoms. The molecule has 0 aliphatic carbocycles.